The minimum atomic E-state index is -1.56. The zero-order chi connectivity index (χ0) is 19.3. The molecule has 27 heavy (non-hydrogen) atoms. The SMILES string of the molecule is [2H]c1ccc(-c2c3ccccc3c(B(O)O)c3ccccc23)c2ccccc12. The van der Waals surface area contributed by atoms with Gasteiger partial charge in [-0.05, 0) is 48.9 Å². The summed E-state index contributed by atoms with van der Waals surface area (Å²) in [4.78, 5) is 0. The van der Waals surface area contributed by atoms with Gasteiger partial charge in [-0.15, -0.1) is 0 Å². The summed E-state index contributed by atoms with van der Waals surface area (Å²) in [6.07, 6.45) is 0. The van der Waals surface area contributed by atoms with E-state index in [-0.39, 0.29) is 0 Å². The predicted octanol–water partition coefficient (Wildman–Crippen LogP) is 4.49. The zero-order valence-electron chi connectivity index (χ0n) is 15.6. The highest BCUT2D eigenvalue weighted by Gasteiger charge is 2.22. The summed E-state index contributed by atoms with van der Waals surface area (Å²) in [5.74, 6) is 0. The molecule has 0 aliphatic carbocycles. The van der Waals surface area contributed by atoms with Crippen LogP contribution in [0.3, 0.4) is 0 Å². The van der Waals surface area contributed by atoms with E-state index in [0.29, 0.717) is 11.5 Å². The quantitative estimate of drug-likeness (QED) is 0.364. The van der Waals surface area contributed by atoms with Crippen LogP contribution >= 0.6 is 0 Å². The average Bonchev–Trinajstić information content (AvgIpc) is 2.72. The van der Waals surface area contributed by atoms with Gasteiger partial charge in [-0.25, -0.2) is 0 Å². The summed E-state index contributed by atoms with van der Waals surface area (Å²) in [7, 11) is -1.56. The van der Waals surface area contributed by atoms with Gasteiger partial charge >= 0.3 is 7.12 Å². The van der Waals surface area contributed by atoms with Crippen LogP contribution in [0.25, 0.3) is 43.4 Å². The van der Waals surface area contributed by atoms with Crippen molar-refractivity contribution in [2.75, 3.05) is 0 Å². The molecule has 5 rings (SSSR count). The molecular weight excluding hydrogens is 331 g/mol. The molecule has 0 amide bonds. The van der Waals surface area contributed by atoms with E-state index in [1.165, 1.54) is 0 Å². The molecule has 0 fully saturated rings. The molecule has 3 heteroatoms. The van der Waals surface area contributed by atoms with E-state index < -0.39 is 7.12 Å². The van der Waals surface area contributed by atoms with E-state index in [2.05, 4.69) is 0 Å². The van der Waals surface area contributed by atoms with Crippen molar-refractivity contribution >= 4 is 44.9 Å². The highest BCUT2D eigenvalue weighted by molar-refractivity contribution is 6.66. The molecule has 0 aliphatic heterocycles. The Morgan fingerprint density at radius 2 is 1.11 bits per heavy atom. The second-order valence-electron chi connectivity index (χ2n) is 6.69. The van der Waals surface area contributed by atoms with Crippen LogP contribution in [-0.4, -0.2) is 17.2 Å². The third-order valence-corrected chi connectivity index (χ3v) is 5.21. The Morgan fingerprint density at radius 3 is 1.70 bits per heavy atom. The molecule has 0 aromatic heterocycles. The third-order valence-electron chi connectivity index (χ3n) is 5.21. The largest absolute Gasteiger partial charge is 0.489 e. The first-order chi connectivity index (χ1) is 13.7. The molecule has 5 aromatic carbocycles. The van der Waals surface area contributed by atoms with Crippen molar-refractivity contribution in [2.24, 2.45) is 0 Å². The fraction of sp³-hybridized carbons (Fsp3) is 0. The van der Waals surface area contributed by atoms with E-state index in [9.17, 15) is 10.0 Å². The first-order valence-corrected chi connectivity index (χ1v) is 8.95. The molecule has 0 bridgehead atoms. The van der Waals surface area contributed by atoms with Crippen LogP contribution in [-0.2, 0) is 0 Å². The normalized spacial score (nSPS) is 11.9. The predicted molar refractivity (Wildman–Crippen MR) is 114 cm³/mol. The van der Waals surface area contributed by atoms with Crippen LogP contribution in [0.1, 0.15) is 1.37 Å². The van der Waals surface area contributed by atoms with Crippen LogP contribution in [0.15, 0.2) is 91.0 Å². The lowest BCUT2D eigenvalue weighted by Gasteiger charge is -2.18. The maximum Gasteiger partial charge on any atom is 0.489 e. The molecule has 5 aromatic rings. The second-order valence-corrected chi connectivity index (χ2v) is 6.69. The van der Waals surface area contributed by atoms with Gasteiger partial charge in [0.15, 0.2) is 0 Å². The smallest absolute Gasteiger partial charge is 0.423 e. The van der Waals surface area contributed by atoms with Crippen molar-refractivity contribution in [1.82, 2.24) is 0 Å². The van der Waals surface area contributed by atoms with Crippen molar-refractivity contribution in [3.8, 4) is 11.1 Å². The number of hydrogen-bond acceptors (Lipinski definition) is 2. The fourth-order valence-corrected chi connectivity index (χ4v) is 4.10. The van der Waals surface area contributed by atoms with E-state index in [1.54, 1.807) is 0 Å². The van der Waals surface area contributed by atoms with Gasteiger partial charge in [0, 0.05) is 0 Å². The van der Waals surface area contributed by atoms with Crippen molar-refractivity contribution < 1.29 is 11.4 Å². The molecule has 0 aliphatic rings. The third kappa shape index (κ3) is 2.44. The average molecular weight is 349 g/mol. The summed E-state index contributed by atoms with van der Waals surface area (Å²) in [6.45, 7) is 0. The summed E-state index contributed by atoms with van der Waals surface area (Å²) < 4.78 is 8.27. The van der Waals surface area contributed by atoms with Gasteiger partial charge in [0.25, 0.3) is 0 Å². The molecule has 2 N–H and O–H groups in total. The summed E-state index contributed by atoms with van der Waals surface area (Å²) in [6, 6.07) is 27.9. The lowest BCUT2D eigenvalue weighted by molar-refractivity contribution is 0.426. The van der Waals surface area contributed by atoms with Crippen LogP contribution in [0, 0.1) is 0 Å². The van der Waals surface area contributed by atoms with E-state index in [0.717, 1.165) is 43.4 Å². The molecule has 2 nitrogen and oxygen atoms in total. The lowest BCUT2D eigenvalue weighted by Crippen LogP contribution is -2.31. The molecule has 0 heterocycles. The van der Waals surface area contributed by atoms with Gasteiger partial charge in [-0.1, -0.05) is 91.0 Å². The molecule has 0 unspecified atom stereocenters. The summed E-state index contributed by atoms with van der Waals surface area (Å²) in [5.41, 5.74) is 2.61. The Hall–Kier alpha value is -3.14. The van der Waals surface area contributed by atoms with Crippen LogP contribution in [0.2, 0.25) is 0 Å². The molecule has 0 spiro atoms. The Labute approximate surface area is 158 Å². The summed E-state index contributed by atoms with van der Waals surface area (Å²) >= 11 is 0. The maximum absolute atomic E-state index is 10.1. The van der Waals surface area contributed by atoms with Crippen molar-refractivity contribution in [3.05, 3.63) is 91.0 Å². The molecule has 0 saturated carbocycles. The Morgan fingerprint density at radius 1 is 0.593 bits per heavy atom. The van der Waals surface area contributed by atoms with Crippen molar-refractivity contribution in [3.63, 3.8) is 0 Å². The minimum Gasteiger partial charge on any atom is -0.423 e. The number of rotatable bonds is 2. The Balaban J connectivity index is 2.05. The van der Waals surface area contributed by atoms with Gasteiger partial charge in [-0.3, -0.25) is 0 Å². The fourth-order valence-electron chi connectivity index (χ4n) is 4.10. The van der Waals surface area contributed by atoms with Crippen LogP contribution < -0.4 is 5.46 Å². The summed E-state index contributed by atoms with van der Waals surface area (Å²) in [5, 5.41) is 25.7. The maximum atomic E-state index is 10.1. The Kier molecular flexibility index (Phi) is 3.46. The van der Waals surface area contributed by atoms with E-state index >= 15 is 0 Å². The molecule has 0 saturated heterocycles. The Bertz CT molecular complexity index is 1300. The molecule has 0 atom stereocenters. The van der Waals surface area contributed by atoms with Gasteiger partial charge in [0.2, 0.25) is 0 Å². The second kappa shape index (κ2) is 6.24. The van der Waals surface area contributed by atoms with Gasteiger partial charge in [0.1, 0.15) is 0 Å². The highest BCUT2D eigenvalue weighted by atomic mass is 16.4. The first kappa shape index (κ1) is 15.0. The van der Waals surface area contributed by atoms with E-state index in [1.807, 2.05) is 84.9 Å². The monoisotopic (exact) mass is 349 g/mol. The molecule has 0 radical (unpaired) electrons. The highest BCUT2D eigenvalue weighted by Crippen LogP contribution is 2.38. The first-order valence-electron chi connectivity index (χ1n) is 9.45. The van der Waals surface area contributed by atoms with Crippen LogP contribution in [0.4, 0.5) is 0 Å². The number of benzene rings is 5. The van der Waals surface area contributed by atoms with Crippen LogP contribution in [0.5, 0.6) is 0 Å². The van der Waals surface area contributed by atoms with Gasteiger partial charge in [-0.2, -0.15) is 0 Å². The zero-order valence-corrected chi connectivity index (χ0v) is 14.6. The van der Waals surface area contributed by atoms with Crippen molar-refractivity contribution in [1.29, 1.82) is 0 Å². The standard InChI is InChI=1S/C24H17BO2/c26-25(27)24-21-13-5-3-11-19(21)23(20-12-4-6-14-22(20)24)18-15-7-9-16-8-1-2-10-17(16)18/h1-15,26-27H/i9D. The van der Waals surface area contributed by atoms with Gasteiger partial charge in [0.05, 0.1) is 1.37 Å². The van der Waals surface area contributed by atoms with E-state index in [4.69, 9.17) is 1.37 Å². The van der Waals surface area contributed by atoms with Crippen molar-refractivity contribution in [2.45, 2.75) is 0 Å². The molecular formula is C24H17BO2. The van der Waals surface area contributed by atoms with Gasteiger partial charge < -0.3 is 10.0 Å². The molecule has 128 valence electrons. The number of hydrogen-bond donors (Lipinski definition) is 2. The lowest BCUT2D eigenvalue weighted by atomic mass is 9.72. The number of fused-ring (bicyclic) bond motifs is 3. The minimum absolute atomic E-state index is 0.496. The topological polar surface area (TPSA) is 40.5 Å².